The van der Waals surface area contributed by atoms with Gasteiger partial charge < -0.3 is 10.9 Å². The highest BCUT2D eigenvalue weighted by atomic mass is 32.2. The van der Waals surface area contributed by atoms with Gasteiger partial charge in [-0.1, -0.05) is 23.0 Å². The molecule has 0 atom stereocenters. The van der Waals surface area contributed by atoms with Crippen LogP contribution in [-0.4, -0.2) is 17.3 Å². The number of thioether (sulfide) groups is 1. The van der Waals surface area contributed by atoms with E-state index in [1.807, 2.05) is 24.5 Å². The van der Waals surface area contributed by atoms with Crippen LogP contribution in [-0.2, 0) is 0 Å². The highest BCUT2D eigenvalue weighted by Crippen LogP contribution is 2.34. The highest BCUT2D eigenvalue weighted by Gasteiger charge is 2.13. The van der Waals surface area contributed by atoms with Gasteiger partial charge in [-0.15, -0.1) is 11.8 Å². The van der Waals surface area contributed by atoms with Gasteiger partial charge >= 0.3 is 0 Å². The average molecular weight is 308 g/mol. The lowest BCUT2D eigenvalue weighted by Crippen LogP contribution is -2.15. The number of hydrogen-bond acceptors (Lipinski definition) is 4. The third-order valence-electron chi connectivity index (χ3n) is 2.61. The molecule has 0 aliphatic carbocycles. The molecule has 2 aromatic carbocycles. The van der Waals surface area contributed by atoms with Crippen molar-refractivity contribution in [3.8, 4) is 0 Å². The summed E-state index contributed by atoms with van der Waals surface area (Å²) in [5, 5.41) is 12.0. The van der Waals surface area contributed by atoms with Gasteiger partial charge in [-0.05, 0) is 42.7 Å². The van der Waals surface area contributed by atoms with Crippen molar-refractivity contribution in [1.82, 2.24) is 0 Å². The minimum atomic E-state index is -0.274. The van der Waals surface area contributed by atoms with Crippen molar-refractivity contribution >= 4 is 29.4 Å². The Kier molecular flexibility index (Phi) is 4.92. The predicted molar refractivity (Wildman–Crippen MR) is 81.3 cm³/mol. The lowest BCUT2D eigenvalue weighted by Gasteiger charge is -2.11. The summed E-state index contributed by atoms with van der Waals surface area (Å²) in [5.74, 6) is -0.205. The van der Waals surface area contributed by atoms with Gasteiger partial charge in [0, 0.05) is 20.2 Å². The lowest BCUT2D eigenvalue weighted by atomic mass is 10.2. The van der Waals surface area contributed by atoms with E-state index < -0.39 is 0 Å². The second-order valence-corrected chi connectivity index (χ2v) is 5.84. The SMILES string of the molecule is CSc1cccc(Sc2ccc(F)cc2)c1/C(N)=N/O. The van der Waals surface area contributed by atoms with Crippen molar-refractivity contribution in [2.45, 2.75) is 14.7 Å². The molecular weight excluding hydrogens is 295 g/mol. The van der Waals surface area contributed by atoms with Crippen molar-refractivity contribution in [2.24, 2.45) is 10.9 Å². The molecule has 0 heterocycles. The maximum Gasteiger partial charge on any atom is 0.172 e. The van der Waals surface area contributed by atoms with Crippen LogP contribution in [0.4, 0.5) is 4.39 Å². The van der Waals surface area contributed by atoms with Crippen LogP contribution in [0.5, 0.6) is 0 Å². The smallest absolute Gasteiger partial charge is 0.172 e. The number of hydrogen-bond donors (Lipinski definition) is 2. The van der Waals surface area contributed by atoms with E-state index in [1.54, 1.807) is 12.1 Å². The number of rotatable bonds is 4. The van der Waals surface area contributed by atoms with Gasteiger partial charge in [0.25, 0.3) is 0 Å². The van der Waals surface area contributed by atoms with E-state index in [1.165, 1.54) is 35.7 Å². The molecule has 2 rings (SSSR count). The fraction of sp³-hybridized carbons (Fsp3) is 0.0714. The summed E-state index contributed by atoms with van der Waals surface area (Å²) in [4.78, 5) is 2.67. The monoisotopic (exact) mass is 308 g/mol. The normalized spacial score (nSPS) is 11.6. The van der Waals surface area contributed by atoms with Crippen LogP contribution in [0.25, 0.3) is 0 Å². The zero-order valence-corrected chi connectivity index (χ0v) is 12.3. The minimum absolute atomic E-state index is 0.0690. The molecule has 0 aliphatic rings. The van der Waals surface area contributed by atoms with Gasteiger partial charge in [0.05, 0.1) is 0 Å². The Morgan fingerprint density at radius 3 is 2.40 bits per heavy atom. The fourth-order valence-corrected chi connectivity index (χ4v) is 3.39. The summed E-state index contributed by atoms with van der Waals surface area (Å²) in [6, 6.07) is 11.9. The first kappa shape index (κ1) is 14.7. The van der Waals surface area contributed by atoms with Gasteiger partial charge in [0.1, 0.15) is 5.82 Å². The molecule has 0 aromatic heterocycles. The summed E-state index contributed by atoms with van der Waals surface area (Å²) in [5.41, 5.74) is 6.45. The molecule has 0 radical (unpaired) electrons. The van der Waals surface area contributed by atoms with E-state index in [0.717, 1.165) is 14.7 Å². The molecule has 3 nitrogen and oxygen atoms in total. The van der Waals surface area contributed by atoms with Crippen molar-refractivity contribution in [3.05, 3.63) is 53.8 Å². The van der Waals surface area contributed by atoms with Crippen molar-refractivity contribution in [1.29, 1.82) is 0 Å². The first-order valence-electron chi connectivity index (χ1n) is 5.74. The quantitative estimate of drug-likeness (QED) is 0.297. The molecular formula is C14H13FN2OS2. The van der Waals surface area contributed by atoms with Crippen LogP contribution in [0.1, 0.15) is 5.56 Å². The van der Waals surface area contributed by atoms with Crippen molar-refractivity contribution < 1.29 is 9.60 Å². The van der Waals surface area contributed by atoms with Crippen LogP contribution >= 0.6 is 23.5 Å². The molecule has 6 heteroatoms. The molecule has 0 unspecified atom stereocenters. The maximum atomic E-state index is 12.9. The molecule has 0 bridgehead atoms. The van der Waals surface area contributed by atoms with Crippen LogP contribution in [0.15, 0.2) is 62.3 Å². The third-order valence-corrected chi connectivity index (χ3v) is 4.46. The van der Waals surface area contributed by atoms with Crippen LogP contribution in [0.3, 0.4) is 0 Å². The molecule has 0 amide bonds. The topological polar surface area (TPSA) is 58.6 Å². The number of nitrogens with zero attached hydrogens (tertiary/aromatic N) is 1. The minimum Gasteiger partial charge on any atom is -0.409 e. The molecule has 104 valence electrons. The Morgan fingerprint density at radius 1 is 1.15 bits per heavy atom. The van der Waals surface area contributed by atoms with Crippen molar-refractivity contribution in [3.63, 3.8) is 0 Å². The molecule has 0 aliphatic heterocycles. The molecule has 2 aromatic rings. The second-order valence-electron chi connectivity index (χ2n) is 3.87. The second kappa shape index (κ2) is 6.67. The maximum absolute atomic E-state index is 12.9. The van der Waals surface area contributed by atoms with Gasteiger partial charge in [-0.2, -0.15) is 0 Å². The number of nitrogens with two attached hydrogens (primary N) is 1. The predicted octanol–water partition coefficient (Wildman–Crippen LogP) is 3.79. The Labute approximate surface area is 125 Å². The lowest BCUT2D eigenvalue weighted by molar-refractivity contribution is 0.318. The summed E-state index contributed by atoms with van der Waals surface area (Å²) in [7, 11) is 0. The molecule has 0 saturated heterocycles. The zero-order chi connectivity index (χ0) is 14.5. The standard InChI is InChI=1S/C14H13FN2OS2/c1-19-11-3-2-4-12(13(11)14(16)17-18)20-10-7-5-9(15)6-8-10/h2-8,18H,1H3,(H2,16,17). The van der Waals surface area contributed by atoms with Crippen LogP contribution in [0.2, 0.25) is 0 Å². The van der Waals surface area contributed by atoms with Crippen LogP contribution < -0.4 is 5.73 Å². The Morgan fingerprint density at radius 2 is 1.80 bits per heavy atom. The van der Waals surface area contributed by atoms with E-state index in [2.05, 4.69) is 5.16 Å². The summed E-state index contributed by atoms with van der Waals surface area (Å²) >= 11 is 2.97. The van der Waals surface area contributed by atoms with E-state index >= 15 is 0 Å². The third kappa shape index (κ3) is 3.26. The molecule has 0 spiro atoms. The number of benzene rings is 2. The van der Waals surface area contributed by atoms with Crippen molar-refractivity contribution in [2.75, 3.05) is 6.26 Å². The van der Waals surface area contributed by atoms with E-state index in [0.29, 0.717) is 5.56 Å². The first-order valence-corrected chi connectivity index (χ1v) is 7.78. The zero-order valence-electron chi connectivity index (χ0n) is 10.7. The summed E-state index contributed by atoms with van der Waals surface area (Å²) in [6.45, 7) is 0. The largest absolute Gasteiger partial charge is 0.409 e. The molecule has 3 N–H and O–H groups in total. The average Bonchev–Trinajstić information content (AvgIpc) is 2.48. The van der Waals surface area contributed by atoms with Gasteiger partial charge in [0.2, 0.25) is 0 Å². The molecule has 0 saturated carbocycles. The van der Waals surface area contributed by atoms with Crippen LogP contribution in [0, 0.1) is 5.82 Å². The molecule has 20 heavy (non-hydrogen) atoms. The highest BCUT2D eigenvalue weighted by molar-refractivity contribution is 8.00. The Bertz CT molecular complexity index is 630. The van der Waals surface area contributed by atoms with E-state index in [-0.39, 0.29) is 11.7 Å². The number of oxime groups is 1. The Balaban J connectivity index is 2.43. The number of amidine groups is 1. The Hall–Kier alpha value is -1.66. The molecule has 0 fully saturated rings. The van der Waals surface area contributed by atoms with Gasteiger partial charge in [-0.3, -0.25) is 0 Å². The first-order chi connectivity index (χ1) is 9.65. The summed E-state index contributed by atoms with van der Waals surface area (Å²) < 4.78 is 12.9. The fourth-order valence-electron chi connectivity index (χ4n) is 1.70. The van der Waals surface area contributed by atoms with E-state index in [4.69, 9.17) is 10.9 Å². The van der Waals surface area contributed by atoms with Gasteiger partial charge in [-0.25, -0.2) is 4.39 Å². The van der Waals surface area contributed by atoms with Gasteiger partial charge in [0.15, 0.2) is 5.84 Å². The van der Waals surface area contributed by atoms with E-state index in [9.17, 15) is 4.39 Å². The summed E-state index contributed by atoms with van der Waals surface area (Å²) in [6.07, 6.45) is 1.93. The number of halogens is 1.